The van der Waals surface area contributed by atoms with E-state index in [1.54, 1.807) is 31.4 Å². The van der Waals surface area contributed by atoms with Gasteiger partial charge in [-0.2, -0.15) is 0 Å². The summed E-state index contributed by atoms with van der Waals surface area (Å²) in [5, 5.41) is 2.91. The number of nitrogens with zero attached hydrogens (tertiary/aromatic N) is 2. The van der Waals surface area contributed by atoms with Crippen molar-refractivity contribution in [2.75, 3.05) is 12.9 Å². The number of ether oxygens (including phenoxy) is 1. The normalized spacial score (nSPS) is 15.5. The molecule has 3 aromatic rings. The second-order valence-electron chi connectivity index (χ2n) is 6.90. The summed E-state index contributed by atoms with van der Waals surface area (Å²) in [4.78, 5) is 17.5. The Morgan fingerprint density at radius 1 is 1.14 bits per heavy atom. The molecule has 29 heavy (non-hydrogen) atoms. The Morgan fingerprint density at radius 3 is 2.48 bits per heavy atom. The first-order valence-corrected chi connectivity index (χ1v) is 10.9. The van der Waals surface area contributed by atoms with E-state index in [0.29, 0.717) is 17.0 Å². The predicted octanol–water partition coefficient (Wildman–Crippen LogP) is 2.84. The third kappa shape index (κ3) is 3.51. The van der Waals surface area contributed by atoms with Gasteiger partial charge in [0.2, 0.25) is 15.0 Å². The van der Waals surface area contributed by atoms with E-state index in [0.717, 1.165) is 5.56 Å². The number of nitrogens with one attached hydrogen (secondary N) is 1. The van der Waals surface area contributed by atoms with Gasteiger partial charge in [0.25, 0.3) is 5.91 Å². The average molecular weight is 411 g/mol. The molecule has 1 aliphatic rings. The van der Waals surface area contributed by atoms with E-state index < -0.39 is 9.84 Å². The molecule has 0 bridgehead atoms. The average Bonchev–Trinajstić information content (AvgIpc) is 3.26. The zero-order valence-corrected chi connectivity index (χ0v) is 16.9. The summed E-state index contributed by atoms with van der Waals surface area (Å²) >= 11 is 0. The lowest BCUT2D eigenvalue weighted by atomic mass is 10.1. The van der Waals surface area contributed by atoms with Crippen molar-refractivity contribution in [2.24, 2.45) is 0 Å². The van der Waals surface area contributed by atoms with Crippen LogP contribution in [0.5, 0.6) is 5.75 Å². The van der Waals surface area contributed by atoms with Crippen LogP contribution in [0.2, 0.25) is 0 Å². The molecule has 0 fully saturated rings. The number of aromatic nitrogens is 2. The van der Waals surface area contributed by atoms with Crippen molar-refractivity contribution < 1.29 is 17.9 Å². The lowest BCUT2D eigenvalue weighted by Gasteiger charge is -2.15. The van der Waals surface area contributed by atoms with Crippen LogP contribution in [0.25, 0.3) is 11.3 Å². The van der Waals surface area contributed by atoms with Crippen LogP contribution in [0.3, 0.4) is 0 Å². The molecule has 1 N–H and O–H groups in total. The summed E-state index contributed by atoms with van der Waals surface area (Å²) in [5.41, 5.74) is 2.22. The van der Waals surface area contributed by atoms with Crippen LogP contribution in [0.1, 0.15) is 29.0 Å². The lowest BCUT2D eigenvalue weighted by molar-refractivity contribution is 0.0931. The standard InChI is InChI=1S/C21H21N3O4S/c1-14(15-6-4-3-5-7-15)22-20(25)19-18(16-8-10-17(28-2)11-9-16)23-21-24(19)12-13-29(21,26)27/h3-11,14H,12-13H2,1-2H3,(H,22,25). The van der Waals surface area contributed by atoms with Gasteiger partial charge in [0.15, 0.2) is 0 Å². The van der Waals surface area contributed by atoms with E-state index in [4.69, 9.17) is 4.74 Å². The highest BCUT2D eigenvalue weighted by atomic mass is 32.2. The van der Waals surface area contributed by atoms with Crippen LogP contribution in [-0.4, -0.2) is 36.7 Å². The molecular formula is C21H21N3O4S. The molecule has 2 aromatic carbocycles. The van der Waals surface area contributed by atoms with Gasteiger partial charge in [-0.25, -0.2) is 13.4 Å². The number of sulfone groups is 1. The predicted molar refractivity (Wildman–Crippen MR) is 109 cm³/mol. The van der Waals surface area contributed by atoms with Crippen molar-refractivity contribution >= 4 is 15.7 Å². The molecule has 150 valence electrons. The molecule has 0 aliphatic carbocycles. The van der Waals surface area contributed by atoms with Crippen molar-refractivity contribution in [3.05, 3.63) is 65.9 Å². The van der Waals surface area contributed by atoms with Gasteiger partial charge in [-0.3, -0.25) is 4.79 Å². The Balaban J connectivity index is 1.76. The Hall–Kier alpha value is -3.13. The number of rotatable bonds is 5. The summed E-state index contributed by atoms with van der Waals surface area (Å²) in [6.45, 7) is 2.10. The fraction of sp³-hybridized carbons (Fsp3) is 0.238. The molecule has 0 saturated heterocycles. The Bertz CT molecular complexity index is 1150. The maximum absolute atomic E-state index is 13.2. The smallest absolute Gasteiger partial charge is 0.270 e. The molecular weight excluding hydrogens is 390 g/mol. The van der Waals surface area contributed by atoms with Crippen molar-refractivity contribution in [1.82, 2.24) is 14.9 Å². The second kappa shape index (κ2) is 7.36. The molecule has 2 heterocycles. The Morgan fingerprint density at radius 2 is 1.83 bits per heavy atom. The minimum Gasteiger partial charge on any atom is -0.497 e. The van der Waals surface area contributed by atoms with Gasteiger partial charge in [0.05, 0.1) is 18.9 Å². The van der Waals surface area contributed by atoms with Crippen LogP contribution in [0, 0.1) is 0 Å². The highest BCUT2D eigenvalue weighted by Crippen LogP contribution is 2.31. The maximum atomic E-state index is 13.2. The molecule has 7 nitrogen and oxygen atoms in total. The van der Waals surface area contributed by atoms with Gasteiger partial charge in [-0.15, -0.1) is 0 Å². The lowest BCUT2D eigenvalue weighted by Crippen LogP contribution is -2.29. The first kappa shape index (κ1) is 19.2. The SMILES string of the molecule is COc1ccc(-c2nc3n(c2C(=O)NC(C)c2ccccc2)CCS3(=O)=O)cc1. The largest absolute Gasteiger partial charge is 0.497 e. The van der Waals surface area contributed by atoms with Gasteiger partial charge < -0.3 is 14.6 Å². The first-order chi connectivity index (χ1) is 13.9. The first-order valence-electron chi connectivity index (χ1n) is 9.24. The van der Waals surface area contributed by atoms with E-state index in [1.807, 2.05) is 37.3 Å². The molecule has 0 radical (unpaired) electrons. The zero-order chi connectivity index (χ0) is 20.6. The summed E-state index contributed by atoms with van der Waals surface area (Å²) in [6, 6.07) is 16.4. The third-order valence-corrected chi connectivity index (χ3v) is 6.61. The van der Waals surface area contributed by atoms with Crippen molar-refractivity contribution in [3.8, 4) is 17.0 Å². The fourth-order valence-electron chi connectivity index (χ4n) is 3.45. The van der Waals surface area contributed by atoms with Gasteiger partial charge >= 0.3 is 0 Å². The highest BCUT2D eigenvalue weighted by molar-refractivity contribution is 7.91. The molecule has 1 amide bonds. The summed E-state index contributed by atoms with van der Waals surface area (Å²) in [7, 11) is -1.93. The number of methoxy groups -OCH3 is 1. The van der Waals surface area contributed by atoms with Crippen LogP contribution < -0.4 is 10.1 Å². The molecule has 0 saturated carbocycles. The quantitative estimate of drug-likeness (QED) is 0.697. The van der Waals surface area contributed by atoms with Gasteiger partial charge in [-0.05, 0) is 36.8 Å². The van der Waals surface area contributed by atoms with E-state index >= 15 is 0 Å². The van der Waals surface area contributed by atoms with Gasteiger partial charge in [-0.1, -0.05) is 30.3 Å². The second-order valence-corrected chi connectivity index (χ2v) is 8.90. The number of amides is 1. The van der Waals surface area contributed by atoms with E-state index in [1.165, 1.54) is 4.57 Å². The monoisotopic (exact) mass is 411 g/mol. The summed E-state index contributed by atoms with van der Waals surface area (Å²) in [6.07, 6.45) is 0. The van der Waals surface area contributed by atoms with E-state index in [-0.39, 0.29) is 35.1 Å². The molecule has 0 spiro atoms. The van der Waals surface area contributed by atoms with Gasteiger partial charge in [0, 0.05) is 12.1 Å². The molecule has 1 unspecified atom stereocenters. The topological polar surface area (TPSA) is 90.3 Å². The number of fused-ring (bicyclic) bond motifs is 1. The third-order valence-electron chi connectivity index (χ3n) is 5.02. The van der Waals surface area contributed by atoms with Crippen LogP contribution >= 0.6 is 0 Å². The minimum atomic E-state index is -3.50. The zero-order valence-electron chi connectivity index (χ0n) is 16.1. The number of carbonyl (C=O) groups excluding carboxylic acids is 1. The summed E-state index contributed by atoms with van der Waals surface area (Å²) < 4.78 is 31.4. The number of benzene rings is 2. The Kier molecular flexibility index (Phi) is 4.87. The van der Waals surface area contributed by atoms with Crippen LogP contribution in [0.4, 0.5) is 0 Å². The minimum absolute atomic E-state index is 0.0489. The number of carbonyl (C=O) groups is 1. The number of imidazole rings is 1. The number of hydrogen-bond acceptors (Lipinski definition) is 5. The Labute approximate surface area is 169 Å². The van der Waals surface area contributed by atoms with Crippen molar-refractivity contribution in [3.63, 3.8) is 0 Å². The molecule has 1 aliphatic heterocycles. The van der Waals surface area contributed by atoms with E-state index in [9.17, 15) is 13.2 Å². The fourth-order valence-corrected chi connectivity index (χ4v) is 4.80. The van der Waals surface area contributed by atoms with Crippen LogP contribution in [0.15, 0.2) is 59.8 Å². The van der Waals surface area contributed by atoms with Crippen LogP contribution in [-0.2, 0) is 16.4 Å². The van der Waals surface area contributed by atoms with Crippen molar-refractivity contribution in [1.29, 1.82) is 0 Å². The molecule has 1 aromatic heterocycles. The van der Waals surface area contributed by atoms with E-state index in [2.05, 4.69) is 10.3 Å². The number of hydrogen-bond donors (Lipinski definition) is 1. The summed E-state index contributed by atoms with van der Waals surface area (Å²) in [5.74, 6) is 0.257. The van der Waals surface area contributed by atoms with Gasteiger partial charge in [0.1, 0.15) is 17.1 Å². The molecule has 4 rings (SSSR count). The molecule has 8 heteroatoms. The maximum Gasteiger partial charge on any atom is 0.270 e. The van der Waals surface area contributed by atoms with Crippen molar-refractivity contribution in [2.45, 2.75) is 24.7 Å². The molecule has 1 atom stereocenters. The highest BCUT2D eigenvalue weighted by Gasteiger charge is 2.35.